The van der Waals surface area contributed by atoms with Crippen LogP contribution in [0.5, 0.6) is 0 Å². The van der Waals surface area contributed by atoms with Crippen molar-refractivity contribution in [2.45, 2.75) is 13.8 Å². The highest BCUT2D eigenvalue weighted by atomic mass is 32.1. The summed E-state index contributed by atoms with van der Waals surface area (Å²) in [5, 5.41) is 13.3. The highest BCUT2D eigenvalue weighted by molar-refractivity contribution is 7.22. The van der Waals surface area contributed by atoms with Crippen molar-refractivity contribution >= 4 is 27.8 Å². The number of anilines is 1. The maximum atomic E-state index is 4.11. The number of hydrogen-bond donors (Lipinski definition) is 1. The fraction of sp³-hybridized carbons (Fsp3) is 0.444. The van der Waals surface area contributed by atoms with Crippen LogP contribution in [0.3, 0.4) is 0 Å². The van der Waals surface area contributed by atoms with Crippen molar-refractivity contribution in [1.29, 1.82) is 0 Å². The molecule has 1 N–H and O–H groups in total. The van der Waals surface area contributed by atoms with Crippen molar-refractivity contribution in [1.82, 2.24) is 15.2 Å². The van der Waals surface area contributed by atoms with Crippen LogP contribution in [0, 0.1) is 5.92 Å². The lowest BCUT2D eigenvalue weighted by Gasteiger charge is -2.03. The summed E-state index contributed by atoms with van der Waals surface area (Å²) in [5.74, 6) is 0.612. The zero-order valence-electron chi connectivity index (χ0n) is 8.60. The molecule has 15 heavy (non-hydrogen) atoms. The minimum atomic E-state index is 0.612. The third-order valence-electron chi connectivity index (χ3n) is 1.73. The van der Waals surface area contributed by atoms with Gasteiger partial charge in [0.1, 0.15) is 0 Å². The van der Waals surface area contributed by atoms with Crippen LogP contribution in [-0.4, -0.2) is 21.7 Å². The molecular formula is C9H12N4S2. The minimum Gasteiger partial charge on any atom is -0.360 e. The van der Waals surface area contributed by atoms with Crippen LogP contribution in [0.25, 0.3) is 9.88 Å². The lowest BCUT2D eigenvalue weighted by atomic mass is 10.2. The monoisotopic (exact) mass is 240 g/mol. The largest absolute Gasteiger partial charge is 0.360 e. The zero-order chi connectivity index (χ0) is 10.7. The average Bonchev–Trinajstić information content (AvgIpc) is 2.85. The molecule has 2 rings (SSSR count). The molecular weight excluding hydrogens is 228 g/mol. The van der Waals surface area contributed by atoms with Gasteiger partial charge in [-0.2, -0.15) is 0 Å². The summed E-state index contributed by atoms with van der Waals surface area (Å²) in [7, 11) is 0. The molecule has 6 heteroatoms. The second kappa shape index (κ2) is 4.67. The summed E-state index contributed by atoms with van der Waals surface area (Å²) in [5.41, 5.74) is 1.80. The van der Waals surface area contributed by atoms with Crippen LogP contribution in [0.15, 0.2) is 11.7 Å². The quantitative estimate of drug-likeness (QED) is 0.892. The van der Waals surface area contributed by atoms with Gasteiger partial charge in [-0.1, -0.05) is 25.2 Å². The van der Waals surface area contributed by atoms with E-state index in [4.69, 9.17) is 0 Å². The van der Waals surface area contributed by atoms with Crippen LogP contribution in [0.1, 0.15) is 13.8 Å². The Labute approximate surface area is 96.4 Å². The molecule has 0 radical (unpaired) electrons. The molecule has 0 spiro atoms. The fourth-order valence-corrected chi connectivity index (χ4v) is 2.43. The van der Waals surface area contributed by atoms with E-state index in [1.165, 1.54) is 0 Å². The molecule has 0 atom stereocenters. The van der Waals surface area contributed by atoms with Gasteiger partial charge in [0.15, 0.2) is 5.01 Å². The molecule has 0 fully saturated rings. The number of nitrogens with one attached hydrogen (secondary N) is 1. The fourth-order valence-electron chi connectivity index (χ4n) is 1.01. The minimum absolute atomic E-state index is 0.612. The maximum absolute atomic E-state index is 4.11. The Morgan fingerprint density at radius 3 is 2.93 bits per heavy atom. The first-order valence-electron chi connectivity index (χ1n) is 4.72. The van der Waals surface area contributed by atoms with Gasteiger partial charge in [0.05, 0.1) is 10.4 Å². The van der Waals surface area contributed by atoms with Gasteiger partial charge in [-0.15, -0.1) is 21.5 Å². The number of nitrogens with zero attached hydrogens (tertiary/aromatic N) is 3. The van der Waals surface area contributed by atoms with E-state index in [1.54, 1.807) is 28.2 Å². The van der Waals surface area contributed by atoms with E-state index in [0.717, 1.165) is 21.6 Å². The lowest BCUT2D eigenvalue weighted by Crippen LogP contribution is -2.07. The van der Waals surface area contributed by atoms with Gasteiger partial charge in [0.2, 0.25) is 5.13 Å². The van der Waals surface area contributed by atoms with E-state index >= 15 is 0 Å². The maximum Gasteiger partial charge on any atom is 0.206 e. The summed E-state index contributed by atoms with van der Waals surface area (Å²) >= 11 is 3.15. The van der Waals surface area contributed by atoms with Crippen LogP contribution in [-0.2, 0) is 0 Å². The first-order valence-corrected chi connectivity index (χ1v) is 6.41. The SMILES string of the molecule is CC(C)CNc1nnc(-c2cncs2)s1. The summed E-state index contributed by atoms with van der Waals surface area (Å²) in [4.78, 5) is 5.09. The molecule has 0 aliphatic carbocycles. The van der Waals surface area contributed by atoms with Crippen LogP contribution < -0.4 is 5.32 Å². The van der Waals surface area contributed by atoms with Crippen LogP contribution in [0.4, 0.5) is 5.13 Å². The molecule has 0 bridgehead atoms. The Balaban J connectivity index is 2.04. The summed E-state index contributed by atoms with van der Waals surface area (Å²) in [6.07, 6.45) is 1.82. The van der Waals surface area contributed by atoms with Crippen molar-refractivity contribution in [2.24, 2.45) is 5.92 Å². The van der Waals surface area contributed by atoms with Gasteiger partial charge >= 0.3 is 0 Å². The van der Waals surface area contributed by atoms with Gasteiger partial charge in [-0.05, 0) is 5.92 Å². The Morgan fingerprint density at radius 1 is 1.40 bits per heavy atom. The van der Waals surface area contributed by atoms with Gasteiger partial charge < -0.3 is 5.32 Å². The van der Waals surface area contributed by atoms with Gasteiger partial charge in [-0.25, -0.2) is 0 Å². The average molecular weight is 240 g/mol. The van der Waals surface area contributed by atoms with Crippen molar-refractivity contribution in [2.75, 3.05) is 11.9 Å². The van der Waals surface area contributed by atoms with E-state index in [1.807, 2.05) is 6.20 Å². The first kappa shape index (κ1) is 10.5. The van der Waals surface area contributed by atoms with Crippen molar-refractivity contribution in [3.63, 3.8) is 0 Å². The topological polar surface area (TPSA) is 50.7 Å². The second-order valence-electron chi connectivity index (χ2n) is 3.55. The summed E-state index contributed by atoms with van der Waals surface area (Å²) in [6, 6.07) is 0. The standard InChI is InChI=1S/C9H12N4S2/c1-6(2)3-11-9-13-12-8(15-9)7-4-10-5-14-7/h4-6H,3H2,1-2H3,(H,11,13). The van der Waals surface area contributed by atoms with E-state index in [2.05, 4.69) is 34.3 Å². The number of hydrogen-bond acceptors (Lipinski definition) is 6. The van der Waals surface area contributed by atoms with E-state index < -0.39 is 0 Å². The first-order chi connectivity index (χ1) is 7.25. The van der Waals surface area contributed by atoms with E-state index in [0.29, 0.717) is 5.92 Å². The number of rotatable bonds is 4. The lowest BCUT2D eigenvalue weighted by molar-refractivity contribution is 0.687. The molecule has 0 aromatic carbocycles. The molecule has 4 nitrogen and oxygen atoms in total. The molecule has 0 unspecified atom stereocenters. The van der Waals surface area contributed by atoms with Crippen LogP contribution in [0.2, 0.25) is 0 Å². The zero-order valence-corrected chi connectivity index (χ0v) is 10.2. The van der Waals surface area contributed by atoms with E-state index in [9.17, 15) is 0 Å². The Morgan fingerprint density at radius 2 is 2.27 bits per heavy atom. The molecule has 0 saturated carbocycles. The summed E-state index contributed by atoms with van der Waals surface area (Å²) in [6.45, 7) is 5.26. The molecule has 2 aromatic heterocycles. The van der Waals surface area contributed by atoms with Crippen molar-refractivity contribution < 1.29 is 0 Å². The van der Waals surface area contributed by atoms with Gasteiger partial charge in [0, 0.05) is 12.7 Å². The van der Waals surface area contributed by atoms with Crippen molar-refractivity contribution in [3.8, 4) is 9.88 Å². The third-order valence-corrected chi connectivity index (χ3v) is 3.55. The molecule has 80 valence electrons. The highest BCUT2D eigenvalue weighted by Gasteiger charge is 2.07. The summed E-state index contributed by atoms with van der Waals surface area (Å²) < 4.78 is 0. The van der Waals surface area contributed by atoms with Crippen LogP contribution >= 0.6 is 22.7 Å². The molecule has 0 saturated heterocycles. The normalized spacial score (nSPS) is 10.9. The van der Waals surface area contributed by atoms with Crippen molar-refractivity contribution in [3.05, 3.63) is 11.7 Å². The Hall–Kier alpha value is -1.01. The predicted octanol–water partition coefficient (Wildman–Crippen LogP) is 2.73. The number of aromatic nitrogens is 3. The van der Waals surface area contributed by atoms with Gasteiger partial charge in [-0.3, -0.25) is 4.98 Å². The molecule has 0 aliphatic rings. The highest BCUT2D eigenvalue weighted by Crippen LogP contribution is 2.28. The predicted molar refractivity (Wildman–Crippen MR) is 64.3 cm³/mol. The molecule has 2 aromatic rings. The molecule has 2 heterocycles. The van der Waals surface area contributed by atoms with Gasteiger partial charge in [0.25, 0.3) is 0 Å². The number of thiazole rings is 1. The Kier molecular flexibility index (Phi) is 3.27. The second-order valence-corrected chi connectivity index (χ2v) is 5.42. The smallest absolute Gasteiger partial charge is 0.206 e. The molecule has 0 aliphatic heterocycles. The van der Waals surface area contributed by atoms with E-state index in [-0.39, 0.29) is 0 Å². The molecule has 0 amide bonds. The third kappa shape index (κ3) is 2.73. The Bertz CT molecular complexity index is 407.